The molecule has 18 heavy (non-hydrogen) atoms. The molecule has 0 saturated carbocycles. The number of rotatable bonds is 6. The minimum absolute atomic E-state index is 0.0560. The van der Waals surface area contributed by atoms with Crippen LogP contribution in [0.2, 0.25) is 0 Å². The monoisotopic (exact) mass is 275 g/mol. The molecule has 0 aromatic heterocycles. The molecule has 102 valence electrons. The molecule has 0 saturated heterocycles. The summed E-state index contributed by atoms with van der Waals surface area (Å²) in [5, 5.41) is 8.86. The summed E-state index contributed by atoms with van der Waals surface area (Å²) in [5.74, 6) is 0.781. The standard InChI is InChI=1S/C11H17NO5S/c1-8(7-13)12-18(14,15)9-4-5-10(16-2)11(6-9)17-3/h4-6,8,12-13H,7H2,1-3H3/t8-/m0/s1. The highest BCUT2D eigenvalue weighted by atomic mass is 32.2. The third kappa shape index (κ3) is 3.34. The molecule has 0 bridgehead atoms. The van der Waals surface area contributed by atoms with Gasteiger partial charge in [0.2, 0.25) is 10.0 Å². The SMILES string of the molecule is COc1ccc(S(=O)(=O)N[C@@H](C)CO)cc1OC. The first kappa shape index (κ1) is 14.7. The molecule has 0 aliphatic carbocycles. The highest BCUT2D eigenvalue weighted by molar-refractivity contribution is 7.89. The van der Waals surface area contributed by atoms with E-state index in [1.165, 1.54) is 32.4 Å². The maximum Gasteiger partial charge on any atom is 0.241 e. The lowest BCUT2D eigenvalue weighted by atomic mass is 10.3. The smallest absolute Gasteiger partial charge is 0.241 e. The zero-order valence-electron chi connectivity index (χ0n) is 10.5. The van der Waals surface area contributed by atoms with Crippen LogP contribution in [-0.4, -0.2) is 40.4 Å². The predicted octanol–water partition coefficient (Wildman–Crippen LogP) is 0.363. The second-order valence-electron chi connectivity index (χ2n) is 3.72. The second-order valence-corrected chi connectivity index (χ2v) is 5.44. The number of ether oxygens (including phenoxy) is 2. The van der Waals surface area contributed by atoms with E-state index in [4.69, 9.17) is 14.6 Å². The van der Waals surface area contributed by atoms with E-state index in [9.17, 15) is 8.42 Å². The molecule has 1 aromatic carbocycles. The zero-order chi connectivity index (χ0) is 13.8. The molecule has 0 heterocycles. The zero-order valence-corrected chi connectivity index (χ0v) is 11.3. The molecule has 0 aliphatic rings. The Hall–Kier alpha value is -1.31. The van der Waals surface area contributed by atoms with Gasteiger partial charge >= 0.3 is 0 Å². The van der Waals surface area contributed by atoms with E-state index in [1.807, 2.05) is 0 Å². The molecule has 0 fully saturated rings. The molecule has 1 atom stereocenters. The van der Waals surface area contributed by atoms with Crippen LogP contribution >= 0.6 is 0 Å². The number of methoxy groups -OCH3 is 2. The fraction of sp³-hybridized carbons (Fsp3) is 0.455. The number of aliphatic hydroxyl groups is 1. The van der Waals surface area contributed by atoms with E-state index < -0.39 is 16.1 Å². The summed E-state index contributed by atoms with van der Waals surface area (Å²) in [6, 6.07) is 3.74. The Morgan fingerprint density at radius 2 is 1.89 bits per heavy atom. The fourth-order valence-electron chi connectivity index (χ4n) is 1.35. The van der Waals surface area contributed by atoms with Gasteiger partial charge in [-0.25, -0.2) is 13.1 Å². The van der Waals surface area contributed by atoms with Gasteiger partial charge in [0.05, 0.1) is 25.7 Å². The molecule has 7 heteroatoms. The molecule has 2 N–H and O–H groups in total. The number of benzene rings is 1. The van der Waals surface area contributed by atoms with Gasteiger partial charge in [0, 0.05) is 12.1 Å². The molecule has 1 rings (SSSR count). The molecular weight excluding hydrogens is 258 g/mol. The summed E-state index contributed by atoms with van der Waals surface area (Å²) in [5.41, 5.74) is 0. The van der Waals surface area contributed by atoms with Crippen LogP contribution in [0, 0.1) is 0 Å². The van der Waals surface area contributed by atoms with Crippen LogP contribution in [0.4, 0.5) is 0 Å². The third-order valence-corrected chi connectivity index (χ3v) is 3.88. The summed E-state index contributed by atoms with van der Waals surface area (Å²) >= 11 is 0. The third-order valence-electron chi connectivity index (χ3n) is 2.30. The molecule has 0 radical (unpaired) electrons. The Balaban J connectivity index is 3.10. The first-order chi connectivity index (χ1) is 8.44. The maximum atomic E-state index is 12.0. The summed E-state index contributed by atoms with van der Waals surface area (Å²) < 4.78 is 36.3. The van der Waals surface area contributed by atoms with Crippen molar-refractivity contribution in [2.75, 3.05) is 20.8 Å². The molecule has 1 aromatic rings. The van der Waals surface area contributed by atoms with Crippen molar-refractivity contribution in [3.05, 3.63) is 18.2 Å². The van der Waals surface area contributed by atoms with Gasteiger partial charge in [-0.2, -0.15) is 0 Å². The molecule has 0 amide bonds. The van der Waals surface area contributed by atoms with Gasteiger partial charge in [0.25, 0.3) is 0 Å². The number of nitrogens with one attached hydrogen (secondary N) is 1. The van der Waals surface area contributed by atoms with Gasteiger partial charge in [-0.1, -0.05) is 0 Å². The molecule has 0 aliphatic heterocycles. The van der Waals surface area contributed by atoms with E-state index in [2.05, 4.69) is 4.72 Å². The van der Waals surface area contributed by atoms with E-state index >= 15 is 0 Å². The van der Waals surface area contributed by atoms with E-state index in [0.717, 1.165) is 0 Å². The van der Waals surface area contributed by atoms with Crippen LogP contribution in [0.15, 0.2) is 23.1 Å². The second kappa shape index (κ2) is 6.03. The van der Waals surface area contributed by atoms with Crippen molar-refractivity contribution >= 4 is 10.0 Å². The van der Waals surface area contributed by atoms with Crippen LogP contribution in [0.1, 0.15) is 6.92 Å². The predicted molar refractivity (Wildman–Crippen MR) is 66.4 cm³/mol. The molecule has 0 unspecified atom stereocenters. The summed E-state index contributed by atoms with van der Waals surface area (Å²) in [6.45, 7) is 1.30. The van der Waals surface area contributed by atoms with Crippen molar-refractivity contribution in [3.63, 3.8) is 0 Å². The van der Waals surface area contributed by atoms with Crippen LogP contribution < -0.4 is 14.2 Å². The van der Waals surface area contributed by atoms with Crippen molar-refractivity contribution in [3.8, 4) is 11.5 Å². The highest BCUT2D eigenvalue weighted by Gasteiger charge is 2.19. The van der Waals surface area contributed by atoms with Crippen molar-refractivity contribution in [1.29, 1.82) is 0 Å². The first-order valence-corrected chi connectivity index (χ1v) is 6.78. The topological polar surface area (TPSA) is 84.9 Å². The van der Waals surface area contributed by atoms with Crippen molar-refractivity contribution in [1.82, 2.24) is 4.72 Å². The van der Waals surface area contributed by atoms with Gasteiger partial charge < -0.3 is 14.6 Å². The summed E-state index contributed by atoms with van der Waals surface area (Å²) in [4.78, 5) is 0.0560. The molecule has 6 nitrogen and oxygen atoms in total. The van der Waals surface area contributed by atoms with Gasteiger partial charge in [0.15, 0.2) is 11.5 Å². The average Bonchev–Trinajstić information content (AvgIpc) is 2.37. The van der Waals surface area contributed by atoms with Gasteiger partial charge in [-0.3, -0.25) is 0 Å². The molecule has 0 spiro atoms. The average molecular weight is 275 g/mol. The highest BCUT2D eigenvalue weighted by Crippen LogP contribution is 2.29. The van der Waals surface area contributed by atoms with Gasteiger partial charge in [-0.15, -0.1) is 0 Å². The normalized spacial score (nSPS) is 13.1. The van der Waals surface area contributed by atoms with Gasteiger partial charge in [-0.05, 0) is 19.1 Å². The first-order valence-electron chi connectivity index (χ1n) is 5.29. The Morgan fingerprint density at radius 1 is 1.28 bits per heavy atom. The minimum Gasteiger partial charge on any atom is -0.493 e. The van der Waals surface area contributed by atoms with E-state index in [0.29, 0.717) is 11.5 Å². The Kier molecular flexibility index (Phi) is 4.94. The number of aliphatic hydroxyl groups excluding tert-OH is 1. The van der Waals surface area contributed by atoms with Crippen LogP contribution in [0.3, 0.4) is 0 Å². The minimum atomic E-state index is -3.67. The van der Waals surface area contributed by atoms with Crippen molar-refractivity contribution in [2.24, 2.45) is 0 Å². The van der Waals surface area contributed by atoms with Gasteiger partial charge in [0.1, 0.15) is 0 Å². The van der Waals surface area contributed by atoms with Crippen LogP contribution in [-0.2, 0) is 10.0 Å². The molecular formula is C11H17NO5S. The van der Waals surface area contributed by atoms with Crippen LogP contribution in [0.25, 0.3) is 0 Å². The lowest BCUT2D eigenvalue weighted by molar-refractivity contribution is 0.265. The lowest BCUT2D eigenvalue weighted by Crippen LogP contribution is -2.34. The Bertz CT molecular complexity index is 500. The number of hydrogen-bond donors (Lipinski definition) is 2. The number of sulfonamides is 1. The summed E-state index contributed by atoms with van der Waals surface area (Å²) in [7, 11) is -0.776. The van der Waals surface area contributed by atoms with Crippen LogP contribution in [0.5, 0.6) is 11.5 Å². The Labute approximate surface area is 107 Å². The Morgan fingerprint density at radius 3 is 2.39 bits per heavy atom. The largest absolute Gasteiger partial charge is 0.493 e. The van der Waals surface area contributed by atoms with Crippen molar-refractivity contribution < 1.29 is 23.0 Å². The maximum absolute atomic E-state index is 12.0. The summed E-state index contributed by atoms with van der Waals surface area (Å²) in [6.07, 6.45) is 0. The fourth-order valence-corrected chi connectivity index (χ4v) is 2.60. The van der Waals surface area contributed by atoms with E-state index in [-0.39, 0.29) is 11.5 Å². The number of hydrogen-bond acceptors (Lipinski definition) is 5. The quantitative estimate of drug-likeness (QED) is 0.783. The lowest BCUT2D eigenvalue weighted by Gasteiger charge is -2.13. The van der Waals surface area contributed by atoms with Crippen molar-refractivity contribution in [2.45, 2.75) is 17.9 Å². The van der Waals surface area contributed by atoms with E-state index in [1.54, 1.807) is 6.92 Å².